The number of rotatable bonds is 6. The predicted molar refractivity (Wildman–Crippen MR) is 107 cm³/mol. The van der Waals surface area contributed by atoms with Gasteiger partial charge in [0.05, 0.1) is 11.3 Å². The van der Waals surface area contributed by atoms with Crippen molar-refractivity contribution < 1.29 is 19.1 Å². The molecule has 1 N–H and O–H groups in total. The summed E-state index contributed by atoms with van der Waals surface area (Å²) in [4.78, 5) is 17.7. The molecule has 4 rings (SSSR count). The number of benzene rings is 1. The number of carbonyl (C=O) groups is 1. The number of pyridine rings is 1. The molecule has 0 bridgehead atoms. The van der Waals surface area contributed by atoms with Crippen LogP contribution in [0.25, 0.3) is 11.0 Å². The summed E-state index contributed by atoms with van der Waals surface area (Å²) < 4.78 is 11.4. The minimum atomic E-state index is -0.722. The Labute approximate surface area is 167 Å². The maximum Gasteiger partial charge on any atom is 0.303 e. The summed E-state index contributed by atoms with van der Waals surface area (Å²) in [6.45, 7) is 1.94. The molecule has 0 unspecified atom stereocenters. The third kappa shape index (κ3) is 4.07. The fraction of sp³-hybridized carbons (Fsp3) is 0.333. The molecule has 0 atom stereocenters. The summed E-state index contributed by atoms with van der Waals surface area (Å²) in [6, 6.07) is 11.3. The van der Waals surface area contributed by atoms with Gasteiger partial charge in [-0.1, -0.05) is 23.7 Å². The molecule has 0 spiro atoms. The van der Waals surface area contributed by atoms with E-state index in [-0.39, 0.29) is 12.3 Å². The second-order valence-electron chi connectivity index (χ2n) is 7.02. The van der Waals surface area contributed by atoms with Gasteiger partial charge in [-0.25, -0.2) is 0 Å². The highest BCUT2D eigenvalue weighted by atomic mass is 35.5. The third-order valence-electron chi connectivity index (χ3n) is 5.13. The maximum absolute atomic E-state index is 10.9. The Hall–Kier alpha value is -2.73. The van der Waals surface area contributed by atoms with Crippen LogP contribution in [0.4, 0.5) is 5.82 Å². The Morgan fingerprint density at radius 3 is 2.86 bits per heavy atom. The molecule has 0 radical (unpaired) electrons. The van der Waals surface area contributed by atoms with Crippen LogP contribution in [-0.2, 0) is 11.4 Å². The first kappa shape index (κ1) is 18.6. The molecule has 3 heterocycles. The number of hydrogen-bond donors (Lipinski definition) is 1. The number of piperidine rings is 1. The highest BCUT2D eigenvalue weighted by molar-refractivity contribution is 6.35. The zero-order valence-corrected chi connectivity index (χ0v) is 16.1. The average Bonchev–Trinajstić information content (AvgIpc) is 3.19. The van der Waals surface area contributed by atoms with Crippen molar-refractivity contribution in [3.05, 3.63) is 53.2 Å². The lowest BCUT2D eigenvalue weighted by molar-refractivity contribution is -0.138. The van der Waals surface area contributed by atoms with Gasteiger partial charge < -0.3 is 19.2 Å². The van der Waals surface area contributed by atoms with E-state index in [0.29, 0.717) is 17.5 Å². The van der Waals surface area contributed by atoms with Gasteiger partial charge in [0.25, 0.3) is 0 Å². The molecule has 0 saturated carbocycles. The van der Waals surface area contributed by atoms with E-state index in [1.165, 1.54) is 0 Å². The molecular formula is C21H21ClN2O4. The average molecular weight is 401 g/mol. The van der Waals surface area contributed by atoms with E-state index in [1.807, 2.05) is 36.4 Å². The molecule has 1 aromatic carbocycles. The number of aromatic nitrogens is 1. The molecule has 1 aliphatic heterocycles. The summed E-state index contributed by atoms with van der Waals surface area (Å²) in [7, 11) is 0. The number of fused-ring (bicyclic) bond motifs is 1. The van der Waals surface area contributed by atoms with Gasteiger partial charge in [-0.3, -0.25) is 4.79 Å². The minimum absolute atomic E-state index is 0.243. The van der Waals surface area contributed by atoms with Crippen LogP contribution >= 0.6 is 11.6 Å². The molecule has 0 aliphatic carbocycles. The lowest BCUT2D eigenvalue weighted by atomic mass is 9.94. The first-order chi connectivity index (χ1) is 13.6. The van der Waals surface area contributed by atoms with Crippen LogP contribution in [0.1, 0.15) is 24.8 Å². The topological polar surface area (TPSA) is 75.8 Å². The summed E-state index contributed by atoms with van der Waals surface area (Å²) in [5.41, 5.74) is 1.63. The van der Waals surface area contributed by atoms with E-state index >= 15 is 0 Å². The first-order valence-electron chi connectivity index (χ1n) is 9.31. The van der Waals surface area contributed by atoms with Crippen molar-refractivity contribution in [3.8, 4) is 5.88 Å². The second kappa shape index (κ2) is 8.10. The van der Waals surface area contributed by atoms with E-state index < -0.39 is 5.97 Å². The van der Waals surface area contributed by atoms with E-state index in [0.717, 1.165) is 48.3 Å². The predicted octanol–water partition coefficient (Wildman–Crippen LogP) is 4.75. The molecule has 0 amide bonds. The van der Waals surface area contributed by atoms with Crippen LogP contribution < -0.4 is 9.64 Å². The summed E-state index contributed by atoms with van der Waals surface area (Å²) in [6.07, 6.45) is 3.58. The van der Waals surface area contributed by atoms with E-state index in [4.69, 9.17) is 25.9 Å². The molecule has 7 heteroatoms. The number of halogens is 1. The minimum Gasteiger partial charge on any atom is -0.481 e. The van der Waals surface area contributed by atoms with Crippen molar-refractivity contribution >= 4 is 34.4 Å². The van der Waals surface area contributed by atoms with Crippen LogP contribution in [0, 0.1) is 5.92 Å². The Morgan fingerprint density at radius 1 is 1.25 bits per heavy atom. The van der Waals surface area contributed by atoms with Gasteiger partial charge in [0, 0.05) is 36.5 Å². The molecule has 28 heavy (non-hydrogen) atoms. The molecule has 146 valence electrons. The Morgan fingerprint density at radius 2 is 2.07 bits per heavy atom. The monoisotopic (exact) mass is 400 g/mol. The molecule has 6 nitrogen and oxygen atoms in total. The number of ether oxygens (including phenoxy) is 1. The second-order valence-corrected chi connectivity index (χ2v) is 7.43. The van der Waals surface area contributed by atoms with E-state index in [1.54, 1.807) is 6.26 Å². The van der Waals surface area contributed by atoms with Crippen LogP contribution in [0.2, 0.25) is 5.02 Å². The summed E-state index contributed by atoms with van der Waals surface area (Å²) in [5, 5.41) is 10.5. The number of aliphatic carboxylic acids is 1. The van der Waals surface area contributed by atoms with Gasteiger partial charge in [0.2, 0.25) is 5.88 Å². The summed E-state index contributed by atoms with van der Waals surface area (Å²) >= 11 is 6.18. The zero-order valence-electron chi connectivity index (χ0n) is 15.3. The van der Waals surface area contributed by atoms with Gasteiger partial charge in [-0.15, -0.1) is 0 Å². The molecule has 1 aliphatic rings. The van der Waals surface area contributed by atoms with Gasteiger partial charge in [0.1, 0.15) is 18.0 Å². The largest absolute Gasteiger partial charge is 0.481 e. The van der Waals surface area contributed by atoms with Crippen molar-refractivity contribution in [3.63, 3.8) is 0 Å². The molecule has 2 aromatic heterocycles. The van der Waals surface area contributed by atoms with Crippen LogP contribution in [0.15, 0.2) is 47.1 Å². The number of nitrogens with zero attached hydrogens (tertiary/aromatic N) is 2. The molecule has 1 saturated heterocycles. The van der Waals surface area contributed by atoms with Crippen molar-refractivity contribution in [2.75, 3.05) is 18.0 Å². The van der Waals surface area contributed by atoms with Crippen molar-refractivity contribution in [2.45, 2.75) is 25.9 Å². The van der Waals surface area contributed by atoms with E-state index in [9.17, 15) is 4.79 Å². The first-order valence-corrected chi connectivity index (χ1v) is 9.69. The number of anilines is 1. The number of hydrogen-bond acceptors (Lipinski definition) is 5. The van der Waals surface area contributed by atoms with Crippen LogP contribution in [0.5, 0.6) is 5.88 Å². The maximum atomic E-state index is 10.9. The van der Waals surface area contributed by atoms with Gasteiger partial charge in [-0.2, -0.15) is 4.98 Å². The van der Waals surface area contributed by atoms with Gasteiger partial charge >= 0.3 is 5.97 Å². The quantitative estimate of drug-likeness (QED) is 0.643. The standard InChI is InChI=1S/C21H21ClN2O4/c22-17-5-4-15(21-16(17)8-11-27-21)13-28-19-3-1-2-18(23-19)24-9-6-14(7-10-24)12-20(25)26/h1-5,8,11,14H,6-7,9-10,12-13H2,(H,25,26). The SMILES string of the molecule is O=C(O)CC1CCN(c2cccc(OCc3ccc(Cl)c4ccoc34)n2)CC1. The van der Waals surface area contributed by atoms with Gasteiger partial charge in [0.15, 0.2) is 0 Å². The smallest absolute Gasteiger partial charge is 0.303 e. The zero-order chi connectivity index (χ0) is 19.5. The van der Waals surface area contributed by atoms with Crippen molar-refractivity contribution in [1.29, 1.82) is 0 Å². The normalized spacial score (nSPS) is 15.1. The summed E-state index contributed by atoms with van der Waals surface area (Å²) in [5.74, 6) is 0.916. The molecule has 1 fully saturated rings. The highest BCUT2D eigenvalue weighted by Crippen LogP contribution is 2.29. The Bertz CT molecular complexity index is 979. The van der Waals surface area contributed by atoms with Crippen LogP contribution in [-0.4, -0.2) is 29.1 Å². The number of carboxylic acid groups (broad SMARTS) is 1. The highest BCUT2D eigenvalue weighted by Gasteiger charge is 2.22. The molecular weight excluding hydrogens is 380 g/mol. The van der Waals surface area contributed by atoms with Gasteiger partial charge in [-0.05, 0) is 37.0 Å². The molecule has 3 aromatic rings. The number of carboxylic acids is 1. The lowest BCUT2D eigenvalue weighted by Gasteiger charge is -2.32. The van der Waals surface area contributed by atoms with Crippen molar-refractivity contribution in [1.82, 2.24) is 4.98 Å². The Kier molecular flexibility index (Phi) is 5.39. The van der Waals surface area contributed by atoms with Crippen LogP contribution in [0.3, 0.4) is 0 Å². The Balaban J connectivity index is 1.41. The fourth-order valence-electron chi connectivity index (χ4n) is 3.62. The fourth-order valence-corrected chi connectivity index (χ4v) is 3.84. The number of furan rings is 1. The van der Waals surface area contributed by atoms with Crippen molar-refractivity contribution in [2.24, 2.45) is 5.92 Å². The third-order valence-corrected chi connectivity index (χ3v) is 5.46. The van der Waals surface area contributed by atoms with E-state index in [2.05, 4.69) is 9.88 Å². The lowest BCUT2D eigenvalue weighted by Crippen LogP contribution is -2.34.